The van der Waals surface area contributed by atoms with Crippen molar-refractivity contribution in [3.05, 3.63) is 36.4 Å². The quantitative estimate of drug-likeness (QED) is 0.862. The Balaban J connectivity index is 1.66. The number of hydrogen-bond acceptors (Lipinski definition) is 6. The number of imidazole rings is 1. The van der Waals surface area contributed by atoms with Gasteiger partial charge >= 0.3 is 0 Å². The molecule has 0 aliphatic carbocycles. The first-order valence-corrected chi connectivity index (χ1v) is 10.2. The smallest absolute Gasteiger partial charge is 0.247 e. The molecule has 26 heavy (non-hydrogen) atoms. The second-order valence-corrected chi connectivity index (χ2v) is 8.17. The summed E-state index contributed by atoms with van der Waals surface area (Å²) >= 11 is 0. The van der Waals surface area contributed by atoms with Crippen LogP contribution in [0, 0.1) is 0 Å². The molecular formula is C17H22N4O4S. The Morgan fingerprint density at radius 2 is 2.12 bits per heavy atom. The lowest BCUT2D eigenvalue weighted by Crippen LogP contribution is -2.50. The molecule has 1 aromatic heterocycles. The third-order valence-corrected chi connectivity index (χ3v) is 6.73. The van der Waals surface area contributed by atoms with Crippen LogP contribution in [0.5, 0.6) is 11.5 Å². The van der Waals surface area contributed by atoms with Gasteiger partial charge in [-0.25, -0.2) is 13.4 Å². The maximum Gasteiger partial charge on any atom is 0.247 e. The average Bonchev–Trinajstić information content (AvgIpc) is 3.21. The van der Waals surface area contributed by atoms with Gasteiger partial charge in [0, 0.05) is 32.0 Å². The summed E-state index contributed by atoms with van der Waals surface area (Å²) in [7, 11) is -3.70. The van der Waals surface area contributed by atoms with Gasteiger partial charge in [0.1, 0.15) is 23.9 Å². The topological polar surface area (TPSA) is 87.8 Å². The van der Waals surface area contributed by atoms with Crippen LogP contribution in [0.1, 0.15) is 18.8 Å². The number of piperazine rings is 1. The van der Waals surface area contributed by atoms with E-state index in [1.54, 1.807) is 30.6 Å². The summed E-state index contributed by atoms with van der Waals surface area (Å²) in [6.45, 7) is 5.08. The zero-order chi connectivity index (χ0) is 18.1. The molecule has 1 saturated heterocycles. The molecule has 0 unspecified atom stereocenters. The second-order valence-electron chi connectivity index (χ2n) is 6.26. The fourth-order valence-electron chi connectivity index (χ4n) is 3.50. The van der Waals surface area contributed by atoms with Crippen LogP contribution in [0.4, 0.5) is 0 Å². The molecule has 0 amide bonds. The summed E-state index contributed by atoms with van der Waals surface area (Å²) in [6.07, 6.45) is 3.45. The van der Waals surface area contributed by atoms with Gasteiger partial charge < -0.3 is 14.5 Å². The van der Waals surface area contributed by atoms with Crippen molar-refractivity contribution in [1.82, 2.24) is 19.2 Å². The van der Waals surface area contributed by atoms with Gasteiger partial charge in [-0.3, -0.25) is 4.90 Å². The van der Waals surface area contributed by atoms with Crippen LogP contribution in [-0.2, 0) is 10.0 Å². The van der Waals surface area contributed by atoms with E-state index >= 15 is 0 Å². The number of hydrogen-bond donors (Lipinski definition) is 1. The minimum Gasteiger partial charge on any atom is -0.486 e. The van der Waals surface area contributed by atoms with E-state index in [9.17, 15) is 8.42 Å². The number of H-pyrrole nitrogens is 1. The van der Waals surface area contributed by atoms with Gasteiger partial charge in [0.2, 0.25) is 10.0 Å². The Morgan fingerprint density at radius 3 is 2.88 bits per heavy atom. The van der Waals surface area contributed by atoms with Crippen molar-refractivity contribution in [2.75, 3.05) is 39.4 Å². The minimum absolute atomic E-state index is 0.102. The zero-order valence-electron chi connectivity index (χ0n) is 14.6. The molecule has 0 spiro atoms. The van der Waals surface area contributed by atoms with Crippen molar-refractivity contribution in [2.24, 2.45) is 0 Å². The van der Waals surface area contributed by atoms with Crippen molar-refractivity contribution in [3.8, 4) is 11.5 Å². The molecule has 3 heterocycles. The molecule has 2 aliphatic heterocycles. The van der Waals surface area contributed by atoms with Gasteiger partial charge in [-0.2, -0.15) is 4.31 Å². The number of rotatable bonds is 4. The molecule has 0 bridgehead atoms. The molecule has 1 N–H and O–H groups in total. The van der Waals surface area contributed by atoms with Gasteiger partial charge in [-0.1, -0.05) is 13.0 Å². The van der Waals surface area contributed by atoms with Gasteiger partial charge in [0.05, 0.1) is 6.04 Å². The number of fused-ring (bicyclic) bond motifs is 1. The number of aromatic amines is 1. The lowest BCUT2D eigenvalue weighted by Gasteiger charge is -2.39. The van der Waals surface area contributed by atoms with E-state index in [1.807, 2.05) is 0 Å². The van der Waals surface area contributed by atoms with E-state index in [2.05, 4.69) is 21.8 Å². The normalized spacial score (nSPS) is 21.7. The van der Waals surface area contributed by atoms with Crippen LogP contribution in [0.2, 0.25) is 0 Å². The Morgan fingerprint density at radius 1 is 1.27 bits per heavy atom. The first kappa shape index (κ1) is 17.3. The van der Waals surface area contributed by atoms with Crippen LogP contribution < -0.4 is 9.47 Å². The third-order valence-electron chi connectivity index (χ3n) is 4.84. The van der Waals surface area contributed by atoms with Gasteiger partial charge in [0.15, 0.2) is 11.5 Å². The maximum atomic E-state index is 13.3. The van der Waals surface area contributed by atoms with Crippen LogP contribution in [0.15, 0.2) is 35.5 Å². The van der Waals surface area contributed by atoms with Crippen molar-refractivity contribution in [2.45, 2.75) is 17.9 Å². The zero-order valence-corrected chi connectivity index (χ0v) is 15.4. The SMILES string of the molecule is CCN1CCN(S(=O)(=O)c2cccc3c2OCCO3)C[C@H]1c1ncc[nH]1. The van der Waals surface area contributed by atoms with Crippen LogP contribution >= 0.6 is 0 Å². The molecule has 0 radical (unpaired) electrons. The molecule has 2 aromatic rings. The lowest BCUT2D eigenvalue weighted by atomic mass is 10.2. The van der Waals surface area contributed by atoms with E-state index in [1.165, 1.54) is 4.31 Å². The highest BCUT2D eigenvalue weighted by atomic mass is 32.2. The number of likely N-dealkylation sites (N-methyl/N-ethyl adjacent to an activating group) is 1. The summed E-state index contributed by atoms with van der Waals surface area (Å²) in [5.74, 6) is 1.57. The number of nitrogens with zero attached hydrogens (tertiary/aromatic N) is 3. The molecule has 9 heteroatoms. The summed E-state index contributed by atoms with van der Waals surface area (Å²) in [4.78, 5) is 9.84. The number of nitrogens with one attached hydrogen (secondary N) is 1. The predicted octanol–water partition coefficient (Wildman–Crippen LogP) is 1.25. The summed E-state index contributed by atoms with van der Waals surface area (Å²) < 4.78 is 39.3. The molecular weight excluding hydrogens is 356 g/mol. The van der Waals surface area contributed by atoms with E-state index in [0.29, 0.717) is 44.3 Å². The monoisotopic (exact) mass is 378 g/mol. The molecule has 2 aliphatic rings. The summed E-state index contributed by atoms with van der Waals surface area (Å²) in [6, 6.07) is 4.90. The van der Waals surface area contributed by atoms with Crippen molar-refractivity contribution in [3.63, 3.8) is 0 Å². The Hall–Kier alpha value is -2.10. The molecule has 1 aromatic carbocycles. The van der Waals surface area contributed by atoms with E-state index in [-0.39, 0.29) is 10.9 Å². The lowest BCUT2D eigenvalue weighted by molar-refractivity contribution is 0.118. The molecule has 1 fully saturated rings. The molecule has 0 saturated carbocycles. The Bertz CT molecular complexity index is 869. The third kappa shape index (κ3) is 2.95. The molecule has 8 nitrogen and oxygen atoms in total. The van der Waals surface area contributed by atoms with E-state index in [4.69, 9.17) is 9.47 Å². The predicted molar refractivity (Wildman–Crippen MR) is 94.8 cm³/mol. The fourth-order valence-corrected chi connectivity index (χ4v) is 5.08. The first-order valence-electron chi connectivity index (χ1n) is 8.73. The second kappa shape index (κ2) is 6.90. The Kier molecular flexibility index (Phi) is 4.60. The van der Waals surface area contributed by atoms with Crippen LogP contribution in [0.25, 0.3) is 0 Å². The maximum absolute atomic E-state index is 13.3. The highest BCUT2D eigenvalue weighted by Crippen LogP contribution is 2.38. The van der Waals surface area contributed by atoms with E-state index < -0.39 is 10.0 Å². The highest BCUT2D eigenvalue weighted by molar-refractivity contribution is 7.89. The number of benzene rings is 1. The highest BCUT2D eigenvalue weighted by Gasteiger charge is 2.37. The largest absolute Gasteiger partial charge is 0.486 e. The molecule has 140 valence electrons. The summed E-state index contributed by atoms with van der Waals surface area (Å²) in [5.41, 5.74) is 0. The van der Waals surface area contributed by atoms with Gasteiger partial charge in [0.25, 0.3) is 0 Å². The summed E-state index contributed by atoms with van der Waals surface area (Å²) in [5, 5.41) is 0. The number of aromatic nitrogens is 2. The standard InChI is InChI=1S/C17H22N4O4S/c1-2-20-8-9-21(12-13(20)17-18-6-7-19-17)26(22,23)15-5-3-4-14-16(15)25-11-10-24-14/h3-7,13H,2,8-12H2,1H3,(H,18,19)/t13-/m0/s1. The van der Waals surface area contributed by atoms with Crippen LogP contribution in [-0.4, -0.2) is 67.0 Å². The average molecular weight is 378 g/mol. The molecule has 1 atom stereocenters. The van der Waals surface area contributed by atoms with Gasteiger partial charge in [-0.05, 0) is 18.7 Å². The van der Waals surface area contributed by atoms with Crippen LogP contribution in [0.3, 0.4) is 0 Å². The van der Waals surface area contributed by atoms with Crippen molar-refractivity contribution in [1.29, 1.82) is 0 Å². The first-order chi connectivity index (χ1) is 12.6. The number of ether oxygens (including phenoxy) is 2. The number of para-hydroxylation sites is 1. The Labute approximate surface area is 152 Å². The van der Waals surface area contributed by atoms with Gasteiger partial charge in [-0.15, -0.1) is 0 Å². The van der Waals surface area contributed by atoms with E-state index in [0.717, 1.165) is 12.4 Å². The molecule has 4 rings (SSSR count). The van der Waals surface area contributed by atoms with Crippen molar-refractivity contribution >= 4 is 10.0 Å². The minimum atomic E-state index is -3.70. The fraction of sp³-hybridized carbons (Fsp3) is 0.471. The number of sulfonamides is 1. The van der Waals surface area contributed by atoms with Crippen molar-refractivity contribution < 1.29 is 17.9 Å².